The van der Waals surface area contributed by atoms with Gasteiger partial charge in [-0.05, 0) is 35.8 Å². The molecular formula is C19H17N5O3S2. The predicted octanol–water partition coefficient (Wildman–Crippen LogP) is 1.93. The molecular weight excluding hydrogens is 410 g/mol. The number of nitrogens with one attached hydrogen (secondary N) is 1. The van der Waals surface area contributed by atoms with Crippen molar-refractivity contribution in [1.82, 2.24) is 14.3 Å². The number of anilines is 1. The highest BCUT2D eigenvalue weighted by atomic mass is 32.2. The van der Waals surface area contributed by atoms with Gasteiger partial charge in [-0.25, -0.2) is 8.42 Å². The van der Waals surface area contributed by atoms with Crippen LogP contribution in [-0.2, 0) is 16.4 Å². The fourth-order valence-electron chi connectivity index (χ4n) is 3.49. The second-order valence-electron chi connectivity index (χ2n) is 6.99. The van der Waals surface area contributed by atoms with E-state index >= 15 is 0 Å². The third-order valence-corrected chi connectivity index (χ3v) is 7.51. The minimum Gasteiger partial charge on any atom is -0.339 e. The van der Waals surface area contributed by atoms with Crippen molar-refractivity contribution in [3.8, 4) is 0 Å². The number of amides is 1. The molecule has 1 aromatic carbocycles. The van der Waals surface area contributed by atoms with E-state index in [9.17, 15) is 13.2 Å². The van der Waals surface area contributed by atoms with E-state index in [4.69, 9.17) is 0 Å². The Labute approximate surface area is 171 Å². The van der Waals surface area contributed by atoms with Gasteiger partial charge in [0, 0.05) is 35.9 Å². The maximum Gasteiger partial charge on any atom is 0.274 e. The number of sulfone groups is 1. The summed E-state index contributed by atoms with van der Waals surface area (Å²) < 4.78 is 28.4. The van der Waals surface area contributed by atoms with Gasteiger partial charge < -0.3 is 10.2 Å². The number of fused-ring (bicyclic) bond motifs is 2. The second kappa shape index (κ2) is 6.89. The summed E-state index contributed by atoms with van der Waals surface area (Å²) in [5, 5.41) is 4.07. The molecule has 1 saturated heterocycles. The normalized spacial score (nSPS) is 17.8. The first kappa shape index (κ1) is 18.2. The average Bonchev–Trinajstić information content (AvgIpc) is 3.32. The maximum absolute atomic E-state index is 12.8. The van der Waals surface area contributed by atoms with Gasteiger partial charge in [-0.2, -0.15) is 4.37 Å². The number of hydrogen-bond acceptors (Lipinski definition) is 8. The van der Waals surface area contributed by atoms with Crippen molar-refractivity contribution in [2.24, 2.45) is 4.99 Å². The number of nitrogens with zero attached hydrogens (tertiary/aromatic N) is 4. The minimum atomic E-state index is -3.04. The number of pyridine rings is 1. The van der Waals surface area contributed by atoms with E-state index in [2.05, 4.69) is 19.7 Å². The zero-order valence-corrected chi connectivity index (χ0v) is 17.0. The van der Waals surface area contributed by atoms with Gasteiger partial charge in [0.05, 0.1) is 22.8 Å². The van der Waals surface area contributed by atoms with E-state index < -0.39 is 9.84 Å². The molecule has 1 fully saturated rings. The molecule has 4 heterocycles. The van der Waals surface area contributed by atoms with Gasteiger partial charge in [-0.15, -0.1) is 0 Å². The Kier molecular flexibility index (Phi) is 4.32. The molecule has 0 aliphatic carbocycles. The van der Waals surface area contributed by atoms with Gasteiger partial charge in [-0.3, -0.25) is 14.8 Å². The van der Waals surface area contributed by atoms with Crippen molar-refractivity contribution in [1.29, 1.82) is 0 Å². The Morgan fingerprint density at radius 1 is 1.17 bits per heavy atom. The lowest BCUT2D eigenvalue weighted by molar-refractivity contribution is 0.0767. The molecule has 1 amide bonds. The summed E-state index contributed by atoms with van der Waals surface area (Å²) in [4.78, 5) is 23.3. The minimum absolute atomic E-state index is 0.00645. The summed E-state index contributed by atoms with van der Waals surface area (Å²) in [6.45, 7) is 1.04. The van der Waals surface area contributed by atoms with Crippen molar-refractivity contribution < 1.29 is 13.2 Å². The molecule has 0 atom stereocenters. The smallest absolute Gasteiger partial charge is 0.274 e. The Morgan fingerprint density at radius 3 is 2.83 bits per heavy atom. The zero-order chi connectivity index (χ0) is 20.0. The number of amidine groups is 1. The molecule has 5 rings (SSSR count). The van der Waals surface area contributed by atoms with Crippen LogP contribution in [0.15, 0.2) is 41.5 Å². The molecule has 2 aromatic heterocycles. The third kappa shape index (κ3) is 3.38. The van der Waals surface area contributed by atoms with E-state index in [-0.39, 0.29) is 30.5 Å². The van der Waals surface area contributed by atoms with Crippen LogP contribution in [0.1, 0.15) is 21.7 Å². The molecule has 3 aromatic rings. The van der Waals surface area contributed by atoms with Crippen LogP contribution in [0.2, 0.25) is 0 Å². The molecule has 1 N–H and O–H groups in total. The molecule has 10 heteroatoms. The molecule has 8 nitrogen and oxygen atoms in total. The quantitative estimate of drug-likeness (QED) is 0.670. The molecule has 29 heavy (non-hydrogen) atoms. The number of aliphatic imine (C=N–C) groups is 1. The topological polar surface area (TPSA) is 105 Å². The molecule has 0 bridgehead atoms. The van der Waals surface area contributed by atoms with Gasteiger partial charge in [0.1, 0.15) is 11.4 Å². The number of carbonyl (C=O) groups is 1. The highest BCUT2D eigenvalue weighted by Gasteiger charge is 2.28. The Hall–Kier alpha value is -2.85. The highest BCUT2D eigenvalue weighted by molar-refractivity contribution is 7.91. The molecule has 0 spiro atoms. The lowest BCUT2D eigenvalue weighted by Crippen LogP contribution is -2.43. The van der Waals surface area contributed by atoms with E-state index in [1.165, 1.54) is 11.5 Å². The summed E-state index contributed by atoms with van der Waals surface area (Å²) in [5.41, 5.74) is 3.17. The lowest BCUT2D eigenvalue weighted by Gasteiger charge is -2.26. The Bertz CT molecular complexity index is 1250. The summed E-state index contributed by atoms with van der Waals surface area (Å²) in [6.07, 6.45) is 1.75. The van der Waals surface area contributed by atoms with Crippen LogP contribution >= 0.6 is 11.5 Å². The van der Waals surface area contributed by atoms with Crippen molar-refractivity contribution in [2.75, 3.05) is 29.9 Å². The number of carbonyl (C=O) groups excluding carboxylic acids is 1. The molecule has 148 valence electrons. The summed E-state index contributed by atoms with van der Waals surface area (Å²) in [7, 11) is -3.04. The fourth-order valence-corrected chi connectivity index (χ4v) is 5.50. The van der Waals surface area contributed by atoms with Crippen LogP contribution in [0.5, 0.6) is 0 Å². The third-order valence-electron chi connectivity index (χ3n) is 5.09. The van der Waals surface area contributed by atoms with Crippen molar-refractivity contribution in [3.05, 3.63) is 53.5 Å². The van der Waals surface area contributed by atoms with Crippen molar-refractivity contribution in [2.45, 2.75) is 6.54 Å². The molecule has 2 aliphatic rings. The van der Waals surface area contributed by atoms with Crippen LogP contribution < -0.4 is 5.32 Å². The van der Waals surface area contributed by atoms with Gasteiger partial charge in [-0.1, -0.05) is 6.07 Å². The van der Waals surface area contributed by atoms with Gasteiger partial charge in [0.15, 0.2) is 15.7 Å². The standard InChI is InChI=1S/C19H17N5O3S2/c25-19(24-6-8-29(26,27)9-7-24)17-14-4-3-13(10-15(14)28-23-17)22-18-16-12(11-21-18)2-1-5-20-16/h1-5,10H,6-9,11H2,(H,21,22). The SMILES string of the molecule is O=C(c1nsc2cc(NC3=NCc4cccnc43)ccc12)N1CCS(=O)(=O)CC1. The lowest BCUT2D eigenvalue weighted by atomic mass is 10.1. The van der Waals surface area contributed by atoms with Crippen LogP contribution in [0.4, 0.5) is 5.69 Å². The van der Waals surface area contributed by atoms with E-state index in [0.29, 0.717) is 12.2 Å². The average molecular weight is 428 g/mol. The molecule has 0 saturated carbocycles. The second-order valence-corrected chi connectivity index (χ2v) is 10.1. The summed E-state index contributed by atoms with van der Waals surface area (Å²) in [5.74, 6) is 0.527. The molecule has 0 radical (unpaired) electrons. The van der Waals surface area contributed by atoms with Crippen LogP contribution in [-0.4, -0.2) is 59.0 Å². The molecule has 2 aliphatic heterocycles. The number of hydrogen-bond donors (Lipinski definition) is 1. The number of aromatic nitrogens is 2. The van der Waals surface area contributed by atoms with Crippen LogP contribution in [0, 0.1) is 0 Å². The highest BCUT2D eigenvalue weighted by Crippen LogP contribution is 2.28. The van der Waals surface area contributed by atoms with Crippen molar-refractivity contribution >= 4 is 48.9 Å². The summed E-state index contributed by atoms with van der Waals surface area (Å²) >= 11 is 1.25. The fraction of sp³-hybridized carbons (Fsp3) is 0.263. The largest absolute Gasteiger partial charge is 0.339 e. The zero-order valence-electron chi connectivity index (χ0n) is 15.3. The van der Waals surface area contributed by atoms with Gasteiger partial charge in [0.25, 0.3) is 5.91 Å². The van der Waals surface area contributed by atoms with E-state index in [1.54, 1.807) is 11.1 Å². The molecule has 0 unspecified atom stereocenters. The van der Waals surface area contributed by atoms with Crippen LogP contribution in [0.25, 0.3) is 10.1 Å². The first-order valence-corrected chi connectivity index (χ1v) is 11.7. The van der Waals surface area contributed by atoms with Gasteiger partial charge >= 0.3 is 0 Å². The maximum atomic E-state index is 12.8. The Balaban J connectivity index is 1.37. The summed E-state index contributed by atoms with van der Waals surface area (Å²) in [6, 6.07) is 9.60. The monoisotopic (exact) mass is 427 g/mol. The van der Waals surface area contributed by atoms with E-state index in [0.717, 1.165) is 32.9 Å². The first-order valence-electron chi connectivity index (χ1n) is 9.15. The van der Waals surface area contributed by atoms with Gasteiger partial charge in [0.2, 0.25) is 0 Å². The Morgan fingerprint density at radius 2 is 2.00 bits per heavy atom. The van der Waals surface area contributed by atoms with E-state index in [1.807, 2.05) is 30.3 Å². The first-order chi connectivity index (χ1) is 14.0. The predicted molar refractivity (Wildman–Crippen MR) is 112 cm³/mol. The number of rotatable bonds is 2. The van der Waals surface area contributed by atoms with Crippen LogP contribution in [0.3, 0.4) is 0 Å². The number of benzene rings is 1. The van der Waals surface area contributed by atoms with Crippen molar-refractivity contribution in [3.63, 3.8) is 0 Å².